The zero-order chi connectivity index (χ0) is 16.5. The molecule has 1 saturated heterocycles. The van der Waals surface area contributed by atoms with Crippen molar-refractivity contribution in [2.75, 3.05) is 18.0 Å². The molecule has 8 nitrogen and oxygen atoms in total. The predicted octanol–water partition coefficient (Wildman–Crippen LogP) is 1.71. The highest BCUT2D eigenvalue weighted by Gasteiger charge is 2.22. The van der Waals surface area contributed by atoms with E-state index in [1.807, 2.05) is 35.5 Å². The third-order valence-corrected chi connectivity index (χ3v) is 4.43. The molecule has 1 aliphatic rings. The lowest BCUT2D eigenvalue weighted by atomic mass is 10.1. The summed E-state index contributed by atoms with van der Waals surface area (Å²) < 4.78 is 3.79. The number of aromatic nitrogens is 7. The van der Waals surface area contributed by atoms with Gasteiger partial charge in [0.25, 0.3) is 0 Å². The largest absolute Gasteiger partial charge is 0.355 e. The fourth-order valence-corrected chi connectivity index (χ4v) is 3.23. The zero-order valence-corrected chi connectivity index (χ0v) is 13.9. The normalized spacial score (nSPS) is 15.8. The van der Waals surface area contributed by atoms with Crippen molar-refractivity contribution < 1.29 is 0 Å². The molecular formula is C16H20N8. The maximum atomic E-state index is 4.76. The van der Waals surface area contributed by atoms with E-state index in [0.717, 1.165) is 49.0 Å². The van der Waals surface area contributed by atoms with Gasteiger partial charge < -0.3 is 4.90 Å². The average Bonchev–Trinajstić information content (AvgIpc) is 3.25. The number of hydrogen-bond donors (Lipinski definition) is 0. The van der Waals surface area contributed by atoms with Crippen LogP contribution in [0.25, 0.3) is 5.82 Å². The van der Waals surface area contributed by atoms with E-state index in [2.05, 4.69) is 25.1 Å². The second-order valence-electron chi connectivity index (χ2n) is 6.17. The molecular weight excluding hydrogens is 304 g/mol. The van der Waals surface area contributed by atoms with Gasteiger partial charge in [-0.1, -0.05) is 0 Å². The first-order valence-electron chi connectivity index (χ1n) is 8.15. The van der Waals surface area contributed by atoms with E-state index in [1.165, 1.54) is 0 Å². The second-order valence-corrected chi connectivity index (χ2v) is 6.17. The van der Waals surface area contributed by atoms with E-state index in [0.29, 0.717) is 6.04 Å². The molecule has 3 aromatic rings. The Bertz CT molecular complexity index is 814. The Morgan fingerprint density at radius 2 is 1.83 bits per heavy atom. The van der Waals surface area contributed by atoms with Crippen molar-refractivity contribution in [1.82, 2.24) is 34.5 Å². The van der Waals surface area contributed by atoms with Crippen molar-refractivity contribution in [3.05, 3.63) is 42.5 Å². The van der Waals surface area contributed by atoms with Crippen LogP contribution in [0.3, 0.4) is 0 Å². The molecule has 0 aromatic carbocycles. The number of anilines is 1. The van der Waals surface area contributed by atoms with Gasteiger partial charge in [-0.25, -0.2) is 19.3 Å². The van der Waals surface area contributed by atoms with Gasteiger partial charge in [-0.05, 0) is 32.8 Å². The van der Waals surface area contributed by atoms with Crippen molar-refractivity contribution in [2.45, 2.75) is 32.7 Å². The minimum atomic E-state index is 0.413. The first-order valence-corrected chi connectivity index (χ1v) is 8.15. The maximum absolute atomic E-state index is 4.76. The highest BCUT2D eigenvalue weighted by Crippen LogP contribution is 2.24. The molecule has 0 saturated carbocycles. The monoisotopic (exact) mass is 324 g/mol. The van der Waals surface area contributed by atoms with Gasteiger partial charge in [0.05, 0.1) is 24.1 Å². The molecule has 0 unspecified atom stereocenters. The van der Waals surface area contributed by atoms with Crippen LogP contribution in [0.15, 0.2) is 31.1 Å². The van der Waals surface area contributed by atoms with Gasteiger partial charge >= 0.3 is 0 Å². The summed E-state index contributed by atoms with van der Waals surface area (Å²) in [7, 11) is 0. The standard InChI is InChI=1S/C16H20N8/c1-12-7-13(2)24(21-12)16-9-17-8-15(20-16)22-5-3-14(4-6-22)23-11-18-10-19-23/h7-11,14H,3-6H2,1-2H3. The van der Waals surface area contributed by atoms with Gasteiger partial charge in [-0.2, -0.15) is 10.2 Å². The van der Waals surface area contributed by atoms with E-state index in [4.69, 9.17) is 4.98 Å². The lowest BCUT2D eigenvalue weighted by Crippen LogP contribution is -2.35. The Morgan fingerprint density at radius 1 is 1.04 bits per heavy atom. The lowest BCUT2D eigenvalue weighted by molar-refractivity contribution is 0.365. The molecule has 1 fully saturated rings. The predicted molar refractivity (Wildman–Crippen MR) is 89.1 cm³/mol. The van der Waals surface area contributed by atoms with E-state index < -0.39 is 0 Å². The lowest BCUT2D eigenvalue weighted by Gasteiger charge is -2.32. The summed E-state index contributed by atoms with van der Waals surface area (Å²) in [6.07, 6.45) is 9.01. The van der Waals surface area contributed by atoms with Crippen molar-refractivity contribution in [1.29, 1.82) is 0 Å². The van der Waals surface area contributed by atoms with Crippen molar-refractivity contribution >= 4 is 5.82 Å². The molecule has 0 N–H and O–H groups in total. The highest BCUT2D eigenvalue weighted by molar-refractivity contribution is 5.40. The molecule has 0 spiro atoms. The molecule has 124 valence electrons. The van der Waals surface area contributed by atoms with E-state index in [-0.39, 0.29) is 0 Å². The topological polar surface area (TPSA) is 77.5 Å². The number of piperidine rings is 1. The molecule has 0 amide bonds. The van der Waals surface area contributed by atoms with E-state index in [1.54, 1.807) is 18.9 Å². The van der Waals surface area contributed by atoms with Gasteiger partial charge in [-0.15, -0.1) is 0 Å². The van der Waals surface area contributed by atoms with Crippen LogP contribution in [0.5, 0.6) is 0 Å². The summed E-state index contributed by atoms with van der Waals surface area (Å²) >= 11 is 0. The van der Waals surface area contributed by atoms with E-state index >= 15 is 0 Å². The molecule has 4 rings (SSSR count). The van der Waals surface area contributed by atoms with Crippen molar-refractivity contribution in [3.8, 4) is 5.82 Å². The minimum Gasteiger partial charge on any atom is -0.355 e. The second kappa shape index (κ2) is 6.03. The Balaban J connectivity index is 1.51. The van der Waals surface area contributed by atoms with Crippen LogP contribution in [0.4, 0.5) is 5.82 Å². The van der Waals surface area contributed by atoms with Gasteiger partial charge in [0, 0.05) is 18.8 Å². The Labute approximate surface area is 140 Å². The molecule has 0 atom stereocenters. The number of aryl methyl sites for hydroxylation is 2. The van der Waals surface area contributed by atoms with Gasteiger partial charge in [0.1, 0.15) is 18.5 Å². The summed E-state index contributed by atoms with van der Waals surface area (Å²) in [5.74, 6) is 1.66. The molecule has 8 heteroatoms. The SMILES string of the molecule is Cc1cc(C)n(-c2cncc(N3CCC(n4cncn4)CC3)n2)n1. The third kappa shape index (κ3) is 2.75. The molecule has 4 heterocycles. The quantitative estimate of drug-likeness (QED) is 0.730. The Morgan fingerprint density at radius 3 is 2.50 bits per heavy atom. The Hall–Kier alpha value is -2.77. The first-order chi connectivity index (χ1) is 11.7. The van der Waals surface area contributed by atoms with Crippen LogP contribution in [0, 0.1) is 13.8 Å². The Kier molecular flexibility index (Phi) is 3.72. The third-order valence-electron chi connectivity index (χ3n) is 4.43. The molecule has 1 aliphatic heterocycles. The number of nitrogens with zero attached hydrogens (tertiary/aromatic N) is 8. The number of hydrogen-bond acceptors (Lipinski definition) is 6. The van der Waals surface area contributed by atoms with Crippen LogP contribution < -0.4 is 4.90 Å². The minimum absolute atomic E-state index is 0.413. The summed E-state index contributed by atoms with van der Waals surface area (Å²) in [4.78, 5) is 15.4. The van der Waals surface area contributed by atoms with Gasteiger partial charge in [0.15, 0.2) is 5.82 Å². The first kappa shape index (κ1) is 14.8. The summed E-state index contributed by atoms with van der Waals surface area (Å²) in [6, 6.07) is 2.45. The van der Waals surface area contributed by atoms with Crippen molar-refractivity contribution in [2.24, 2.45) is 0 Å². The molecule has 3 aromatic heterocycles. The fraction of sp³-hybridized carbons (Fsp3) is 0.438. The zero-order valence-electron chi connectivity index (χ0n) is 13.9. The average molecular weight is 324 g/mol. The maximum Gasteiger partial charge on any atom is 0.174 e. The molecule has 0 radical (unpaired) electrons. The van der Waals surface area contributed by atoms with Crippen LogP contribution >= 0.6 is 0 Å². The molecule has 0 aliphatic carbocycles. The van der Waals surface area contributed by atoms with Gasteiger partial charge in [-0.3, -0.25) is 4.98 Å². The summed E-state index contributed by atoms with van der Waals surface area (Å²) in [6.45, 7) is 5.87. The van der Waals surface area contributed by atoms with Crippen molar-refractivity contribution in [3.63, 3.8) is 0 Å². The summed E-state index contributed by atoms with van der Waals surface area (Å²) in [5.41, 5.74) is 2.04. The summed E-state index contributed by atoms with van der Waals surface area (Å²) in [5, 5.41) is 8.74. The van der Waals surface area contributed by atoms with Crippen LogP contribution in [0.2, 0.25) is 0 Å². The number of rotatable bonds is 3. The molecule has 24 heavy (non-hydrogen) atoms. The van der Waals surface area contributed by atoms with Crippen LogP contribution in [-0.4, -0.2) is 47.6 Å². The van der Waals surface area contributed by atoms with Gasteiger partial charge in [0.2, 0.25) is 0 Å². The smallest absolute Gasteiger partial charge is 0.174 e. The van der Waals surface area contributed by atoms with Crippen LogP contribution in [0.1, 0.15) is 30.3 Å². The molecule has 0 bridgehead atoms. The highest BCUT2D eigenvalue weighted by atomic mass is 15.4. The fourth-order valence-electron chi connectivity index (χ4n) is 3.23. The van der Waals surface area contributed by atoms with Crippen LogP contribution in [-0.2, 0) is 0 Å². The van der Waals surface area contributed by atoms with E-state index in [9.17, 15) is 0 Å².